The van der Waals surface area contributed by atoms with E-state index in [2.05, 4.69) is 142 Å². The summed E-state index contributed by atoms with van der Waals surface area (Å²) in [7, 11) is 2.00. The van der Waals surface area contributed by atoms with E-state index in [1.54, 1.807) is 163 Å². The van der Waals surface area contributed by atoms with Crippen LogP contribution in [0.3, 0.4) is 0 Å². The highest BCUT2D eigenvalue weighted by molar-refractivity contribution is 7.08. The van der Waals surface area contributed by atoms with E-state index in [4.69, 9.17) is 0 Å². The van der Waals surface area contributed by atoms with Gasteiger partial charge in [0.15, 0.2) is 6.39 Å². The number of furan rings is 1. The largest absolute Gasteiger partial charge is 0.473 e. The van der Waals surface area contributed by atoms with Crippen molar-refractivity contribution < 1.29 is 22.4 Å². The number of thiazole rings is 1. The van der Waals surface area contributed by atoms with Crippen LogP contribution >= 0.6 is 57.3 Å². The maximum Gasteiger partial charge on any atom is 0.203 e. The van der Waals surface area contributed by atoms with Gasteiger partial charge >= 0.3 is 0 Å². The fourth-order valence-electron chi connectivity index (χ4n) is 3.93. The first kappa shape index (κ1) is 80.4. The molecule has 0 amide bonds. The molecule has 18 rings (SSSR count). The van der Waals surface area contributed by atoms with Gasteiger partial charge in [-0.3, -0.25) is 25.1 Å². The summed E-state index contributed by atoms with van der Waals surface area (Å²) in [6.45, 7) is 0. The number of rotatable bonds is 0. The molecule has 17 heterocycles. The van der Waals surface area contributed by atoms with Gasteiger partial charge < -0.3 is 27.3 Å². The van der Waals surface area contributed by atoms with Gasteiger partial charge in [0.25, 0.3) is 0 Å². The summed E-state index contributed by atoms with van der Waals surface area (Å²) in [5.41, 5.74) is 5.15. The minimum absolute atomic E-state index is 1.21. The first-order valence-corrected chi connectivity index (χ1v) is 30.9. The molecule has 35 heteroatoms. The molecular weight excluding hydrogens is 1310 g/mol. The van der Waals surface area contributed by atoms with Crippen LogP contribution in [0.25, 0.3) is 0 Å². The fourth-order valence-corrected chi connectivity index (χ4v) is 5.63. The number of thiophene rings is 1. The fraction of sp³-hybridized carbons (Fsp3) is 0.0167. The number of benzene rings is 1. The predicted octanol–water partition coefficient (Wildman–Crippen LogP) is 13.2. The lowest BCUT2D eigenvalue weighted by atomic mass is 10.4. The maximum atomic E-state index is 4.58. The lowest BCUT2D eigenvalue weighted by Crippen LogP contribution is -1.75. The Balaban J connectivity index is 0.000000503. The van der Waals surface area contributed by atoms with Crippen molar-refractivity contribution in [3.63, 3.8) is 0 Å². The molecule has 17 aromatic heterocycles. The smallest absolute Gasteiger partial charge is 0.203 e. The van der Waals surface area contributed by atoms with E-state index in [0.29, 0.717) is 0 Å². The third-order valence-corrected chi connectivity index (χ3v) is 10.00. The van der Waals surface area contributed by atoms with Crippen molar-refractivity contribution in [2.24, 2.45) is 7.05 Å². The van der Waals surface area contributed by atoms with Crippen molar-refractivity contribution >= 4 is 57.3 Å². The van der Waals surface area contributed by atoms with Gasteiger partial charge in [-0.05, 0) is 95.1 Å². The molecule has 3 N–H and O–H groups in total. The molecule has 0 atom stereocenters. The summed E-state index contributed by atoms with van der Waals surface area (Å²) in [6, 6.07) is 38.5. The second kappa shape index (κ2) is 75.7. The van der Waals surface area contributed by atoms with Crippen LogP contribution in [0.15, 0.2) is 381 Å². The summed E-state index contributed by atoms with van der Waals surface area (Å²) in [6.07, 6.45) is 52.0. The van der Waals surface area contributed by atoms with E-state index < -0.39 is 0 Å². The number of aryl methyl sites for hydroxylation is 1. The summed E-state index contributed by atoms with van der Waals surface area (Å²) in [5, 5.41) is 50.6. The highest BCUT2D eigenvalue weighted by Gasteiger charge is 1.70. The van der Waals surface area contributed by atoms with E-state index in [1.807, 2.05) is 167 Å². The van der Waals surface area contributed by atoms with Crippen LogP contribution in [0, 0.1) is 0 Å². The molecule has 0 unspecified atom stereocenters. The van der Waals surface area contributed by atoms with Gasteiger partial charge in [0.2, 0.25) is 12.8 Å². The third kappa shape index (κ3) is 73.8. The number of oxazole rings is 1. The molecule has 490 valence electrons. The minimum atomic E-state index is 1.21. The van der Waals surface area contributed by atoms with Gasteiger partial charge in [0.05, 0.1) is 66.9 Å². The van der Waals surface area contributed by atoms with E-state index in [0.717, 1.165) is 0 Å². The highest BCUT2D eigenvalue weighted by Crippen LogP contribution is 1.92. The number of H-pyrrole nitrogens is 3. The second-order valence-corrected chi connectivity index (χ2v) is 17.7. The summed E-state index contributed by atoms with van der Waals surface area (Å²) in [4.78, 5) is 28.5. The Bertz CT molecular complexity index is 2580. The quantitative estimate of drug-likeness (QED) is 0.127. The van der Waals surface area contributed by atoms with Crippen LogP contribution in [0.1, 0.15) is 0 Å². The van der Waals surface area contributed by atoms with Crippen molar-refractivity contribution in [2.45, 2.75) is 0 Å². The first-order valence-electron chi connectivity index (χ1n) is 26.5. The average molecular weight is 1380 g/mol. The normalized spacial score (nSPS) is 8.05. The van der Waals surface area contributed by atoms with Crippen LogP contribution in [0.2, 0.25) is 0 Å². The van der Waals surface area contributed by atoms with E-state index in [1.165, 1.54) is 97.7 Å². The SMILES string of the molecule is Cn1cccc1.c1cc[nH]c1.c1ccccc1.c1ccnnc1.c1ccoc1.c1ccsc1.c1cn[nH]c1.c1cnccn1.c1cncnc1.c1cnoc1.c1cnon1.c1cnsc1.c1cnsn1.c1cocn1.c1cscn1.c1nc[nH]n1.c1nnco1.c1nncs1. The number of hydrogen-bond donors (Lipinski definition) is 3. The first-order chi connectivity index (χ1) is 47.4. The molecule has 0 radical (unpaired) electrons. The number of aromatic amines is 3. The van der Waals surface area contributed by atoms with Crippen molar-refractivity contribution in [2.75, 3.05) is 0 Å². The zero-order valence-electron chi connectivity index (χ0n) is 50.5. The number of nitrogens with one attached hydrogen (secondary N) is 3. The monoisotopic (exact) mass is 1380 g/mol. The summed E-state index contributed by atoms with van der Waals surface area (Å²) < 4.78 is 34.9. The highest BCUT2D eigenvalue weighted by atomic mass is 32.1. The van der Waals surface area contributed by atoms with Crippen molar-refractivity contribution in [3.05, 3.63) is 359 Å². The molecule has 95 heavy (non-hydrogen) atoms. The Morgan fingerprint density at radius 1 is 0.337 bits per heavy atom. The summed E-state index contributed by atoms with van der Waals surface area (Å²) in [5.74, 6) is 0. The Hall–Kier alpha value is -12.6. The number of hydrogen-bond acceptors (Lipinski definition) is 31. The van der Waals surface area contributed by atoms with Crippen LogP contribution in [0.5, 0.6) is 0 Å². The number of nitrogens with zero attached hydrogens (tertiary/aromatic N) is 22. The van der Waals surface area contributed by atoms with Crippen molar-refractivity contribution in [1.82, 2.24) is 124 Å². The van der Waals surface area contributed by atoms with Gasteiger partial charge in [0, 0.05) is 117 Å². The average Bonchev–Trinajstić information content (AvgIpc) is 4.50. The molecule has 0 spiro atoms. The lowest BCUT2D eigenvalue weighted by molar-refractivity contribution is 0.307. The minimum Gasteiger partial charge on any atom is -0.473 e. The van der Waals surface area contributed by atoms with Crippen LogP contribution in [0.4, 0.5) is 0 Å². The lowest BCUT2D eigenvalue weighted by Gasteiger charge is -1.79. The van der Waals surface area contributed by atoms with E-state index >= 15 is 0 Å². The maximum absolute atomic E-state index is 4.58. The Morgan fingerprint density at radius 3 is 1.20 bits per heavy atom. The molecule has 18 aromatic rings. The number of aromatic nitrogens is 25. The summed E-state index contributed by atoms with van der Waals surface area (Å²) >= 11 is 7.48. The zero-order chi connectivity index (χ0) is 67.3. The predicted molar refractivity (Wildman–Crippen MR) is 362 cm³/mol. The topological polar surface area (TPSA) is 389 Å². The molecule has 0 aliphatic carbocycles. The molecule has 1 aromatic carbocycles. The molecule has 30 nitrogen and oxygen atoms in total. The molecule has 0 aliphatic heterocycles. The van der Waals surface area contributed by atoms with Gasteiger partial charge in [-0.15, -0.1) is 43.1 Å². The van der Waals surface area contributed by atoms with E-state index in [9.17, 15) is 0 Å². The van der Waals surface area contributed by atoms with Gasteiger partial charge in [0.1, 0.15) is 42.5 Å². The Morgan fingerprint density at radius 2 is 1.01 bits per heavy atom. The molecule has 0 saturated heterocycles. The van der Waals surface area contributed by atoms with Crippen LogP contribution < -0.4 is 0 Å². The molecule has 0 fully saturated rings. The standard InChI is InChI=1S/C6H6.C5H7N.3C4H4N2.C4H5N.C4H4O.C4H4S.C3H4N2.2C3H3NO.2C3H3NS.C2H3N3.2C2H2N2O.2C2H2N2S/c1-2-4-6-5-3-1;1-6-4-2-3-5-6;1-2-6-4-3-5-1;1-2-5-4-6-3-1;1-2-4-6-5-3-1;4*1-2-4-5-3-1;1-2-5-3-4-1;1-2-4-5-3-1;1-2-5-3-4-1;1-2-4-5-3-1;1-3-2-5-4-1;1-3-4-2-5-1;1-2-4-5-3-1;1-3-4-2-5-1;1-2-4-5-3-1/h1-6H;2-5H,1H3;3*1-4H;1-5H;2*1-4H;1-3H,(H,4,5);4*1-3H;1-2H,(H,3,4,5);4*1-2H. The second-order valence-electron chi connectivity index (χ2n) is 14.2. The van der Waals surface area contributed by atoms with Crippen LogP contribution in [-0.4, -0.2) is 124 Å². The van der Waals surface area contributed by atoms with Gasteiger partial charge in [-0.2, -0.15) is 40.5 Å². The van der Waals surface area contributed by atoms with Crippen molar-refractivity contribution in [3.8, 4) is 0 Å². The van der Waals surface area contributed by atoms with Gasteiger partial charge in [-0.1, -0.05) is 64.0 Å². The van der Waals surface area contributed by atoms with Crippen molar-refractivity contribution in [1.29, 1.82) is 0 Å². The molecular formula is C60H65N25O5S5. The Kier molecular flexibility index (Phi) is 64.1. The molecule has 0 aliphatic rings. The van der Waals surface area contributed by atoms with Crippen LogP contribution in [-0.2, 0) is 7.05 Å². The van der Waals surface area contributed by atoms with E-state index in [-0.39, 0.29) is 0 Å². The third-order valence-electron chi connectivity index (χ3n) is 7.46. The molecule has 0 bridgehead atoms. The Labute approximate surface area is 566 Å². The zero-order valence-corrected chi connectivity index (χ0v) is 54.6. The van der Waals surface area contributed by atoms with Gasteiger partial charge in [-0.25, -0.2) is 28.9 Å². The molecule has 0 saturated carbocycles.